The third kappa shape index (κ3) is 3.30. The van der Waals surface area contributed by atoms with Crippen LogP contribution in [0.5, 0.6) is 0 Å². The quantitative estimate of drug-likeness (QED) is 0.869. The van der Waals surface area contributed by atoms with E-state index in [2.05, 4.69) is 49.0 Å². The topological polar surface area (TPSA) is 28.2 Å². The Kier molecular flexibility index (Phi) is 4.03. The molecule has 2 rings (SSSR count). The van der Waals surface area contributed by atoms with E-state index >= 15 is 0 Å². The Morgan fingerprint density at radius 1 is 1.44 bits per heavy atom. The van der Waals surface area contributed by atoms with Gasteiger partial charge in [0, 0.05) is 44.1 Å². The van der Waals surface area contributed by atoms with Crippen LogP contribution in [-0.2, 0) is 6.54 Å². The standard InChI is InChI=1S/C15H25N3/c1-12-10-18(11-13-6-5-7-16-8-13)14(9-17-12)15(2,3)4/h5-8,12,14,17H,9-11H2,1-4H3. The van der Waals surface area contributed by atoms with Gasteiger partial charge in [-0.3, -0.25) is 9.88 Å². The molecule has 1 fully saturated rings. The zero-order valence-corrected chi connectivity index (χ0v) is 12.0. The number of nitrogens with zero attached hydrogens (tertiary/aromatic N) is 2. The number of aromatic nitrogens is 1. The van der Waals surface area contributed by atoms with Crippen molar-refractivity contribution in [3.8, 4) is 0 Å². The van der Waals surface area contributed by atoms with Crippen LogP contribution in [0, 0.1) is 5.41 Å². The smallest absolute Gasteiger partial charge is 0.0312 e. The monoisotopic (exact) mass is 247 g/mol. The molecule has 1 saturated heterocycles. The Balaban J connectivity index is 2.11. The lowest BCUT2D eigenvalue weighted by Crippen LogP contribution is -2.59. The maximum Gasteiger partial charge on any atom is 0.0312 e. The fourth-order valence-corrected chi connectivity index (χ4v) is 2.74. The van der Waals surface area contributed by atoms with Gasteiger partial charge in [-0.05, 0) is 24.0 Å². The molecule has 1 aliphatic heterocycles. The molecule has 0 saturated carbocycles. The fourth-order valence-electron chi connectivity index (χ4n) is 2.74. The predicted octanol–water partition coefficient (Wildman–Crippen LogP) is 2.29. The van der Waals surface area contributed by atoms with E-state index in [1.807, 2.05) is 18.5 Å². The molecule has 18 heavy (non-hydrogen) atoms. The van der Waals surface area contributed by atoms with Crippen molar-refractivity contribution in [3.63, 3.8) is 0 Å². The van der Waals surface area contributed by atoms with Crippen molar-refractivity contribution in [2.75, 3.05) is 13.1 Å². The highest BCUT2D eigenvalue weighted by Gasteiger charge is 2.34. The Hall–Kier alpha value is -0.930. The summed E-state index contributed by atoms with van der Waals surface area (Å²) in [6, 6.07) is 5.33. The van der Waals surface area contributed by atoms with Crippen LogP contribution < -0.4 is 5.32 Å². The second-order valence-corrected chi connectivity index (χ2v) is 6.48. The van der Waals surface area contributed by atoms with Crippen molar-refractivity contribution >= 4 is 0 Å². The molecule has 3 nitrogen and oxygen atoms in total. The van der Waals surface area contributed by atoms with Gasteiger partial charge in [-0.15, -0.1) is 0 Å². The molecular formula is C15H25N3. The molecule has 3 heteroatoms. The molecule has 1 N–H and O–H groups in total. The second kappa shape index (κ2) is 5.37. The molecule has 2 atom stereocenters. The summed E-state index contributed by atoms with van der Waals surface area (Å²) in [7, 11) is 0. The van der Waals surface area contributed by atoms with Gasteiger partial charge in [0.25, 0.3) is 0 Å². The first-order valence-electron chi connectivity index (χ1n) is 6.83. The van der Waals surface area contributed by atoms with Gasteiger partial charge >= 0.3 is 0 Å². The van der Waals surface area contributed by atoms with Crippen molar-refractivity contribution in [1.29, 1.82) is 0 Å². The third-order valence-electron chi connectivity index (χ3n) is 3.72. The van der Waals surface area contributed by atoms with Crippen LogP contribution in [0.25, 0.3) is 0 Å². The molecular weight excluding hydrogens is 222 g/mol. The van der Waals surface area contributed by atoms with Crippen LogP contribution in [-0.4, -0.2) is 35.1 Å². The summed E-state index contributed by atoms with van der Waals surface area (Å²) in [6.07, 6.45) is 3.82. The van der Waals surface area contributed by atoms with E-state index in [0.717, 1.165) is 19.6 Å². The van der Waals surface area contributed by atoms with E-state index in [4.69, 9.17) is 0 Å². The van der Waals surface area contributed by atoms with Crippen molar-refractivity contribution in [1.82, 2.24) is 15.2 Å². The fraction of sp³-hybridized carbons (Fsp3) is 0.667. The van der Waals surface area contributed by atoms with Gasteiger partial charge in [0.2, 0.25) is 0 Å². The highest BCUT2D eigenvalue weighted by atomic mass is 15.2. The van der Waals surface area contributed by atoms with E-state index in [1.54, 1.807) is 0 Å². The van der Waals surface area contributed by atoms with Gasteiger partial charge in [0.1, 0.15) is 0 Å². The van der Waals surface area contributed by atoms with Gasteiger partial charge in [-0.1, -0.05) is 26.8 Å². The molecule has 2 heterocycles. The molecule has 1 aromatic heterocycles. The summed E-state index contributed by atoms with van der Waals surface area (Å²) in [4.78, 5) is 6.81. The molecule has 0 bridgehead atoms. The van der Waals surface area contributed by atoms with Crippen LogP contribution in [0.2, 0.25) is 0 Å². The van der Waals surface area contributed by atoms with Crippen molar-refractivity contribution in [2.45, 2.75) is 46.3 Å². The average molecular weight is 247 g/mol. The van der Waals surface area contributed by atoms with E-state index < -0.39 is 0 Å². The number of nitrogens with one attached hydrogen (secondary N) is 1. The largest absolute Gasteiger partial charge is 0.311 e. The van der Waals surface area contributed by atoms with E-state index in [0.29, 0.717) is 17.5 Å². The molecule has 1 aromatic rings. The minimum absolute atomic E-state index is 0.301. The van der Waals surface area contributed by atoms with Crippen LogP contribution >= 0.6 is 0 Å². The maximum atomic E-state index is 4.21. The first-order chi connectivity index (χ1) is 8.47. The van der Waals surface area contributed by atoms with Crippen molar-refractivity contribution < 1.29 is 0 Å². The summed E-state index contributed by atoms with van der Waals surface area (Å²) < 4.78 is 0. The summed E-state index contributed by atoms with van der Waals surface area (Å²) in [6.45, 7) is 12.4. The SMILES string of the molecule is CC1CN(Cc2cccnc2)C(C(C)(C)C)CN1. The van der Waals surface area contributed by atoms with Gasteiger partial charge in [-0.25, -0.2) is 0 Å². The third-order valence-corrected chi connectivity index (χ3v) is 3.72. The Bertz CT molecular complexity index is 369. The highest BCUT2D eigenvalue weighted by molar-refractivity contribution is 5.09. The zero-order chi connectivity index (χ0) is 13.2. The molecule has 0 amide bonds. The Morgan fingerprint density at radius 2 is 2.22 bits per heavy atom. The molecule has 0 spiro atoms. The first kappa shape index (κ1) is 13.5. The minimum atomic E-state index is 0.301. The second-order valence-electron chi connectivity index (χ2n) is 6.48. The molecule has 1 aliphatic rings. The lowest BCUT2D eigenvalue weighted by atomic mass is 9.84. The summed E-state index contributed by atoms with van der Waals surface area (Å²) in [5, 5.41) is 3.60. The van der Waals surface area contributed by atoms with Gasteiger partial charge in [0.05, 0.1) is 0 Å². The van der Waals surface area contributed by atoms with Crippen LogP contribution in [0.1, 0.15) is 33.3 Å². The first-order valence-corrected chi connectivity index (χ1v) is 6.83. The average Bonchev–Trinajstić information content (AvgIpc) is 2.28. The number of hydrogen-bond acceptors (Lipinski definition) is 3. The lowest BCUT2D eigenvalue weighted by molar-refractivity contribution is 0.0525. The summed E-state index contributed by atoms with van der Waals surface area (Å²) >= 11 is 0. The predicted molar refractivity (Wildman–Crippen MR) is 75.4 cm³/mol. The Labute approximate surface area is 111 Å². The zero-order valence-electron chi connectivity index (χ0n) is 12.0. The number of pyridine rings is 1. The number of piperazine rings is 1. The summed E-state index contributed by atoms with van der Waals surface area (Å²) in [5.41, 5.74) is 1.61. The highest BCUT2D eigenvalue weighted by Crippen LogP contribution is 2.27. The van der Waals surface area contributed by atoms with Gasteiger partial charge in [0.15, 0.2) is 0 Å². The molecule has 0 radical (unpaired) electrons. The van der Waals surface area contributed by atoms with Gasteiger partial charge in [-0.2, -0.15) is 0 Å². The van der Waals surface area contributed by atoms with Crippen LogP contribution in [0.4, 0.5) is 0 Å². The van der Waals surface area contributed by atoms with Crippen LogP contribution in [0.3, 0.4) is 0 Å². The van der Waals surface area contributed by atoms with E-state index in [1.165, 1.54) is 5.56 Å². The minimum Gasteiger partial charge on any atom is -0.311 e. The van der Waals surface area contributed by atoms with E-state index in [9.17, 15) is 0 Å². The number of rotatable bonds is 2. The number of hydrogen-bond donors (Lipinski definition) is 1. The summed E-state index contributed by atoms with van der Waals surface area (Å²) in [5.74, 6) is 0. The molecule has 0 aromatic carbocycles. The van der Waals surface area contributed by atoms with Crippen molar-refractivity contribution in [2.24, 2.45) is 5.41 Å². The van der Waals surface area contributed by atoms with Crippen molar-refractivity contribution in [3.05, 3.63) is 30.1 Å². The Morgan fingerprint density at radius 3 is 2.83 bits per heavy atom. The normalized spacial score (nSPS) is 26.2. The maximum absolute atomic E-state index is 4.21. The van der Waals surface area contributed by atoms with Gasteiger partial charge < -0.3 is 5.32 Å². The van der Waals surface area contributed by atoms with Crippen LogP contribution in [0.15, 0.2) is 24.5 Å². The molecule has 0 aliphatic carbocycles. The van der Waals surface area contributed by atoms with E-state index in [-0.39, 0.29) is 0 Å². The lowest BCUT2D eigenvalue weighted by Gasteiger charge is -2.45. The molecule has 2 unspecified atom stereocenters. The molecule has 100 valence electrons.